The van der Waals surface area contributed by atoms with Gasteiger partial charge in [-0.3, -0.25) is 9.59 Å². The van der Waals surface area contributed by atoms with Gasteiger partial charge in [-0.2, -0.15) is 0 Å². The van der Waals surface area contributed by atoms with E-state index in [2.05, 4.69) is 4.74 Å². The number of nitrogens with two attached hydrogens (primary N) is 2. The van der Waals surface area contributed by atoms with Crippen LogP contribution in [-0.4, -0.2) is 41.3 Å². The van der Waals surface area contributed by atoms with E-state index in [1.54, 1.807) is 0 Å². The summed E-state index contributed by atoms with van der Waals surface area (Å²) in [5.41, 5.74) is 11.6. The molecular formula is C13H18N2O6. The van der Waals surface area contributed by atoms with Crippen molar-refractivity contribution in [3.63, 3.8) is 0 Å². The van der Waals surface area contributed by atoms with E-state index in [1.807, 2.05) is 0 Å². The zero-order chi connectivity index (χ0) is 16.6. The van der Waals surface area contributed by atoms with E-state index < -0.39 is 30.0 Å². The second-order valence-electron chi connectivity index (χ2n) is 4.00. The van der Waals surface area contributed by atoms with Gasteiger partial charge in [-0.15, -0.1) is 0 Å². The molecule has 0 saturated heterocycles. The minimum Gasteiger partial charge on any atom is -0.481 e. The zero-order valence-electron chi connectivity index (χ0n) is 11.6. The Kier molecular flexibility index (Phi) is 7.66. The van der Waals surface area contributed by atoms with Crippen LogP contribution in [0.15, 0.2) is 24.3 Å². The average molecular weight is 298 g/mol. The second kappa shape index (κ2) is 8.67. The number of carboxylic acid groups (broad SMARTS) is 1. The van der Waals surface area contributed by atoms with Gasteiger partial charge in [0.05, 0.1) is 13.2 Å². The Morgan fingerprint density at radius 1 is 1.19 bits per heavy atom. The molecule has 0 saturated carbocycles. The minimum absolute atomic E-state index is 0.327. The molecule has 8 heteroatoms. The number of carbonyl (C=O) groups excluding carboxylic acids is 2. The smallest absolute Gasteiger partial charge is 0.336 e. The first-order valence-electron chi connectivity index (χ1n) is 5.81. The Bertz CT molecular complexity index is 496. The molecule has 21 heavy (non-hydrogen) atoms. The van der Waals surface area contributed by atoms with Crippen LogP contribution in [-0.2, 0) is 14.3 Å². The standard InChI is InChI=1S/C11H14N2O4.C2H4O2/c1-17-11(16)9(14)8(12)6-2-4-7(5-3-6)10(13)15;1-2(3)4/h2-5,8-9,14H,12H2,1H3,(H2,13,15);1H3,(H,3,4)/t8-,9+;/m0./s1. The summed E-state index contributed by atoms with van der Waals surface area (Å²) in [5, 5.41) is 16.9. The van der Waals surface area contributed by atoms with Crippen LogP contribution < -0.4 is 11.5 Å². The van der Waals surface area contributed by atoms with Crippen molar-refractivity contribution < 1.29 is 29.3 Å². The first-order chi connectivity index (χ1) is 9.70. The fourth-order valence-corrected chi connectivity index (χ4v) is 1.32. The third-order valence-corrected chi connectivity index (χ3v) is 2.36. The molecule has 1 rings (SSSR count). The van der Waals surface area contributed by atoms with Crippen LogP contribution in [0.4, 0.5) is 0 Å². The van der Waals surface area contributed by atoms with Crippen LogP contribution in [0.3, 0.4) is 0 Å². The Morgan fingerprint density at radius 3 is 1.95 bits per heavy atom. The number of esters is 1. The van der Waals surface area contributed by atoms with Gasteiger partial charge in [-0.05, 0) is 17.7 Å². The highest BCUT2D eigenvalue weighted by atomic mass is 16.5. The lowest BCUT2D eigenvalue weighted by atomic mass is 10.0. The highest BCUT2D eigenvalue weighted by Gasteiger charge is 2.24. The Morgan fingerprint density at radius 2 is 1.62 bits per heavy atom. The molecular weight excluding hydrogens is 280 g/mol. The van der Waals surface area contributed by atoms with Gasteiger partial charge in [-0.1, -0.05) is 12.1 Å². The SMILES string of the molecule is CC(=O)O.COC(=O)[C@H](O)[C@@H](N)c1ccc(C(N)=O)cc1. The number of hydrogen-bond acceptors (Lipinski definition) is 6. The summed E-state index contributed by atoms with van der Waals surface area (Å²) in [6, 6.07) is 5.08. The van der Waals surface area contributed by atoms with Gasteiger partial charge in [-0.25, -0.2) is 4.79 Å². The number of carboxylic acids is 1. The number of aliphatic carboxylic acids is 1. The maximum Gasteiger partial charge on any atom is 0.336 e. The molecule has 1 aromatic rings. The van der Waals surface area contributed by atoms with Crippen molar-refractivity contribution in [3.05, 3.63) is 35.4 Å². The van der Waals surface area contributed by atoms with Crippen LogP contribution in [0.1, 0.15) is 28.9 Å². The summed E-state index contributed by atoms with van der Waals surface area (Å²) in [6.45, 7) is 1.08. The van der Waals surface area contributed by atoms with Crippen LogP contribution in [0.25, 0.3) is 0 Å². The predicted octanol–water partition coefficient (Wildman–Crippen LogP) is -0.590. The monoisotopic (exact) mass is 298 g/mol. The first-order valence-corrected chi connectivity index (χ1v) is 5.81. The molecule has 1 aromatic carbocycles. The zero-order valence-corrected chi connectivity index (χ0v) is 11.6. The molecule has 0 bridgehead atoms. The van der Waals surface area contributed by atoms with E-state index >= 15 is 0 Å². The van der Waals surface area contributed by atoms with Crippen LogP contribution >= 0.6 is 0 Å². The first kappa shape index (κ1) is 18.6. The van der Waals surface area contributed by atoms with Gasteiger partial charge >= 0.3 is 5.97 Å². The number of primary amides is 1. The molecule has 116 valence electrons. The molecule has 8 nitrogen and oxygen atoms in total. The molecule has 0 fully saturated rings. The highest BCUT2D eigenvalue weighted by molar-refractivity contribution is 5.92. The number of aliphatic hydroxyl groups excluding tert-OH is 1. The van der Waals surface area contributed by atoms with Crippen molar-refractivity contribution in [2.45, 2.75) is 19.1 Å². The summed E-state index contributed by atoms with van der Waals surface area (Å²) in [6.07, 6.45) is -1.44. The summed E-state index contributed by atoms with van der Waals surface area (Å²) in [7, 11) is 1.16. The van der Waals surface area contributed by atoms with Crippen molar-refractivity contribution >= 4 is 17.8 Å². The van der Waals surface area contributed by atoms with E-state index in [1.165, 1.54) is 24.3 Å². The van der Waals surface area contributed by atoms with Crippen molar-refractivity contribution in [3.8, 4) is 0 Å². The quantitative estimate of drug-likeness (QED) is 0.542. The summed E-state index contributed by atoms with van der Waals surface area (Å²) in [5.74, 6) is -2.20. The van der Waals surface area contributed by atoms with Crippen molar-refractivity contribution in [1.29, 1.82) is 0 Å². The molecule has 0 aliphatic rings. The third kappa shape index (κ3) is 6.50. The lowest BCUT2D eigenvalue weighted by Crippen LogP contribution is -2.34. The molecule has 0 aliphatic carbocycles. The van der Waals surface area contributed by atoms with Gasteiger partial charge in [0.2, 0.25) is 5.91 Å². The highest BCUT2D eigenvalue weighted by Crippen LogP contribution is 2.16. The van der Waals surface area contributed by atoms with Gasteiger partial charge in [0.1, 0.15) is 0 Å². The summed E-state index contributed by atoms with van der Waals surface area (Å²) in [4.78, 5) is 30.9. The van der Waals surface area contributed by atoms with Crippen LogP contribution in [0.5, 0.6) is 0 Å². The van der Waals surface area contributed by atoms with Gasteiger partial charge in [0.25, 0.3) is 5.97 Å². The predicted molar refractivity (Wildman–Crippen MR) is 73.2 cm³/mol. The molecule has 1 amide bonds. The molecule has 2 atom stereocenters. The van der Waals surface area contributed by atoms with E-state index in [0.29, 0.717) is 11.1 Å². The number of methoxy groups -OCH3 is 1. The van der Waals surface area contributed by atoms with E-state index in [4.69, 9.17) is 21.4 Å². The normalized spacial score (nSPS) is 12.4. The Hall–Kier alpha value is -2.45. The topological polar surface area (TPSA) is 153 Å². The molecule has 0 heterocycles. The molecule has 6 N–H and O–H groups in total. The minimum atomic E-state index is -1.44. The molecule has 0 unspecified atom stereocenters. The maximum atomic E-state index is 11.1. The lowest BCUT2D eigenvalue weighted by molar-refractivity contribution is -0.151. The fourth-order valence-electron chi connectivity index (χ4n) is 1.32. The summed E-state index contributed by atoms with van der Waals surface area (Å²) >= 11 is 0. The third-order valence-electron chi connectivity index (χ3n) is 2.36. The largest absolute Gasteiger partial charge is 0.481 e. The van der Waals surface area contributed by atoms with Gasteiger partial charge in [0.15, 0.2) is 6.10 Å². The van der Waals surface area contributed by atoms with E-state index in [-0.39, 0.29) is 0 Å². The molecule has 0 spiro atoms. The van der Waals surface area contributed by atoms with Crippen LogP contribution in [0.2, 0.25) is 0 Å². The number of hydrogen-bond donors (Lipinski definition) is 4. The Balaban J connectivity index is 0.000000885. The van der Waals surface area contributed by atoms with E-state index in [0.717, 1.165) is 14.0 Å². The number of carbonyl (C=O) groups is 3. The molecule has 0 radical (unpaired) electrons. The number of ether oxygens (including phenoxy) is 1. The van der Waals surface area contributed by atoms with Crippen molar-refractivity contribution in [1.82, 2.24) is 0 Å². The molecule has 0 aromatic heterocycles. The van der Waals surface area contributed by atoms with E-state index in [9.17, 15) is 14.7 Å². The van der Waals surface area contributed by atoms with Gasteiger partial charge in [0, 0.05) is 12.5 Å². The fraction of sp³-hybridized carbons (Fsp3) is 0.308. The average Bonchev–Trinajstić information content (AvgIpc) is 2.44. The number of amides is 1. The Labute approximate surface area is 121 Å². The number of benzene rings is 1. The summed E-state index contributed by atoms with van der Waals surface area (Å²) < 4.78 is 4.37. The number of aliphatic hydroxyl groups is 1. The van der Waals surface area contributed by atoms with Gasteiger partial charge < -0.3 is 26.4 Å². The number of rotatable bonds is 4. The van der Waals surface area contributed by atoms with Crippen LogP contribution in [0, 0.1) is 0 Å². The molecule has 0 aliphatic heterocycles. The second-order valence-corrected chi connectivity index (χ2v) is 4.00. The lowest BCUT2D eigenvalue weighted by Gasteiger charge is -2.17. The van der Waals surface area contributed by atoms with Crippen molar-refractivity contribution in [2.75, 3.05) is 7.11 Å². The van der Waals surface area contributed by atoms with Crippen molar-refractivity contribution in [2.24, 2.45) is 11.5 Å². The maximum absolute atomic E-state index is 11.1.